The lowest BCUT2D eigenvalue weighted by Crippen LogP contribution is -2.09. The van der Waals surface area contributed by atoms with Crippen molar-refractivity contribution in [3.8, 4) is 55.6 Å². The zero-order valence-corrected chi connectivity index (χ0v) is 37.9. The zero-order chi connectivity index (χ0) is 45.9. The van der Waals surface area contributed by atoms with Crippen LogP contribution in [-0.4, -0.2) is 0 Å². The Balaban J connectivity index is 0.940. The Morgan fingerprint density at radius 2 is 0.536 bits per heavy atom. The maximum absolute atomic E-state index is 6.64. The summed E-state index contributed by atoms with van der Waals surface area (Å²) < 4.78 is 6.64. The molecule has 0 bridgehead atoms. The molecule has 0 radical (unpaired) electrons. The third-order valence-corrected chi connectivity index (χ3v) is 13.1. The van der Waals surface area contributed by atoms with E-state index in [1.165, 1.54) is 22.3 Å². The van der Waals surface area contributed by atoms with Crippen LogP contribution < -0.4 is 9.80 Å². The Labute approximate surface area is 403 Å². The molecule has 0 unspecified atom stereocenters. The SMILES string of the molecule is c1ccc(-c2ccc(N(c3ccccc3)c3ccc(-c4cc(-c5ccc(N(c6ccccc6)c6ccc(-c7ccccc7)cc6)cc5)cc(-c5cccc6c5oc5ccccc56)c4)cc3)cc2)cc1. The molecule has 0 aliphatic carbocycles. The number of furan rings is 1. The molecule has 0 aliphatic heterocycles. The minimum Gasteiger partial charge on any atom is -0.455 e. The molecule has 12 aromatic rings. The third-order valence-electron chi connectivity index (χ3n) is 13.1. The summed E-state index contributed by atoms with van der Waals surface area (Å²) in [5.41, 5.74) is 19.7. The van der Waals surface area contributed by atoms with Gasteiger partial charge in [0.1, 0.15) is 11.2 Å². The van der Waals surface area contributed by atoms with Gasteiger partial charge in [0.15, 0.2) is 0 Å². The van der Waals surface area contributed by atoms with Gasteiger partial charge in [-0.25, -0.2) is 0 Å². The van der Waals surface area contributed by atoms with Crippen molar-refractivity contribution in [3.05, 3.63) is 279 Å². The van der Waals surface area contributed by atoms with E-state index in [-0.39, 0.29) is 0 Å². The molecule has 0 spiro atoms. The van der Waals surface area contributed by atoms with E-state index in [0.29, 0.717) is 0 Å². The van der Waals surface area contributed by atoms with Gasteiger partial charge in [-0.15, -0.1) is 0 Å². The first-order valence-electron chi connectivity index (χ1n) is 23.5. The number of hydrogen-bond acceptors (Lipinski definition) is 3. The highest BCUT2D eigenvalue weighted by atomic mass is 16.3. The average Bonchev–Trinajstić information content (AvgIpc) is 3.82. The molecule has 0 aliphatic rings. The fraction of sp³-hybridized carbons (Fsp3) is 0. The highest BCUT2D eigenvalue weighted by Crippen LogP contribution is 2.42. The van der Waals surface area contributed by atoms with Crippen LogP contribution in [0.3, 0.4) is 0 Å². The van der Waals surface area contributed by atoms with E-state index in [0.717, 1.165) is 89.4 Å². The number of nitrogens with zero attached hydrogens (tertiary/aromatic N) is 2. The Morgan fingerprint density at radius 1 is 0.217 bits per heavy atom. The number of fused-ring (bicyclic) bond motifs is 3. The molecule has 0 saturated heterocycles. The van der Waals surface area contributed by atoms with Crippen LogP contribution in [0.4, 0.5) is 34.1 Å². The van der Waals surface area contributed by atoms with Gasteiger partial charge < -0.3 is 14.2 Å². The molecular formula is C66H46N2O. The van der Waals surface area contributed by atoms with Crippen molar-refractivity contribution in [3.63, 3.8) is 0 Å². The molecule has 326 valence electrons. The number of anilines is 6. The first-order valence-corrected chi connectivity index (χ1v) is 23.5. The van der Waals surface area contributed by atoms with Gasteiger partial charge in [0.25, 0.3) is 0 Å². The summed E-state index contributed by atoms with van der Waals surface area (Å²) in [4.78, 5) is 4.64. The Kier molecular flexibility index (Phi) is 10.9. The zero-order valence-electron chi connectivity index (χ0n) is 37.9. The van der Waals surface area contributed by atoms with E-state index in [4.69, 9.17) is 4.42 Å². The van der Waals surface area contributed by atoms with Crippen molar-refractivity contribution in [2.75, 3.05) is 9.80 Å². The van der Waals surface area contributed by atoms with Gasteiger partial charge in [0.2, 0.25) is 0 Å². The van der Waals surface area contributed by atoms with Crippen molar-refractivity contribution >= 4 is 56.1 Å². The molecule has 0 fully saturated rings. The number of para-hydroxylation sites is 4. The van der Waals surface area contributed by atoms with Crippen LogP contribution in [0.25, 0.3) is 77.6 Å². The summed E-state index contributed by atoms with van der Waals surface area (Å²) >= 11 is 0. The average molecular weight is 883 g/mol. The molecule has 0 amide bonds. The highest BCUT2D eigenvalue weighted by Gasteiger charge is 2.18. The van der Waals surface area contributed by atoms with E-state index in [1.54, 1.807) is 0 Å². The largest absolute Gasteiger partial charge is 0.455 e. The topological polar surface area (TPSA) is 19.6 Å². The van der Waals surface area contributed by atoms with Crippen molar-refractivity contribution in [2.24, 2.45) is 0 Å². The van der Waals surface area contributed by atoms with Crippen molar-refractivity contribution in [2.45, 2.75) is 0 Å². The number of rotatable bonds is 11. The molecule has 1 aromatic heterocycles. The van der Waals surface area contributed by atoms with E-state index in [2.05, 4.69) is 283 Å². The van der Waals surface area contributed by atoms with Crippen LogP contribution in [0.15, 0.2) is 283 Å². The smallest absolute Gasteiger partial charge is 0.143 e. The molecular weight excluding hydrogens is 837 g/mol. The minimum absolute atomic E-state index is 0.887. The highest BCUT2D eigenvalue weighted by molar-refractivity contribution is 6.10. The first kappa shape index (κ1) is 41.3. The van der Waals surface area contributed by atoms with E-state index < -0.39 is 0 Å². The van der Waals surface area contributed by atoms with Gasteiger partial charge in [0, 0.05) is 50.5 Å². The summed E-state index contributed by atoms with van der Waals surface area (Å²) in [7, 11) is 0. The standard InChI is InChI=1S/C66H46N2O/c1-5-16-47(17-6-1)49-28-36-58(37-29-49)67(56-20-9-3-10-21-56)60-40-32-51(33-41-60)53-44-54(46-55(45-53)62-25-15-26-64-63-24-13-14-27-65(63)69-66(62)64)52-34-42-61(43-35-52)68(57-22-11-4-12-23-57)59-38-30-50(31-39-59)48-18-7-2-8-19-48/h1-46H. The molecule has 3 heteroatoms. The molecule has 1 heterocycles. The van der Waals surface area contributed by atoms with Crippen LogP contribution in [0, 0.1) is 0 Å². The maximum atomic E-state index is 6.64. The minimum atomic E-state index is 0.887. The Hall–Kier alpha value is -9.18. The second-order valence-corrected chi connectivity index (χ2v) is 17.3. The van der Waals surface area contributed by atoms with Crippen LogP contribution in [0.5, 0.6) is 0 Å². The van der Waals surface area contributed by atoms with Crippen molar-refractivity contribution < 1.29 is 4.42 Å². The Morgan fingerprint density at radius 3 is 0.971 bits per heavy atom. The predicted molar refractivity (Wildman–Crippen MR) is 290 cm³/mol. The molecule has 0 saturated carbocycles. The van der Waals surface area contributed by atoms with Gasteiger partial charge in [-0.1, -0.05) is 182 Å². The molecule has 0 N–H and O–H groups in total. The van der Waals surface area contributed by atoms with Gasteiger partial charge in [-0.2, -0.15) is 0 Å². The van der Waals surface area contributed by atoms with Crippen LogP contribution in [-0.2, 0) is 0 Å². The van der Waals surface area contributed by atoms with Crippen LogP contribution in [0.2, 0.25) is 0 Å². The van der Waals surface area contributed by atoms with E-state index in [1.807, 2.05) is 6.07 Å². The van der Waals surface area contributed by atoms with Gasteiger partial charge in [0.05, 0.1) is 0 Å². The summed E-state index contributed by atoms with van der Waals surface area (Å²) in [5.74, 6) is 0. The molecule has 12 rings (SSSR count). The van der Waals surface area contributed by atoms with E-state index >= 15 is 0 Å². The van der Waals surface area contributed by atoms with E-state index in [9.17, 15) is 0 Å². The van der Waals surface area contributed by atoms with Gasteiger partial charge in [-0.3, -0.25) is 0 Å². The summed E-state index contributed by atoms with van der Waals surface area (Å²) in [6, 6.07) is 99.6. The third kappa shape index (κ3) is 8.24. The Bertz CT molecular complexity index is 3470. The second-order valence-electron chi connectivity index (χ2n) is 17.3. The monoisotopic (exact) mass is 882 g/mol. The van der Waals surface area contributed by atoms with Crippen LogP contribution >= 0.6 is 0 Å². The van der Waals surface area contributed by atoms with Gasteiger partial charge >= 0.3 is 0 Å². The quantitative estimate of drug-likeness (QED) is 0.129. The maximum Gasteiger partial charge on any atom is 0.143 e. The van der Waals surface area contributed by atoms with Crippen LogP contribution in [0.1, 0.15) is 0 Å². The van der Waals surface area contributed by atoms with Crippen molar-refractivity contribution in [1.82, 2.24) is 0 Å². The lowest BCUT2D eigenvalue weighted by Gasteiger charge is -2.26. The number of hydrogen-bond donors (Lipinski definition) is 0. The fourth-order valence-corrected chi connectivity index (χ4v) is 9.61. The summed E-state index contributed by atoms with van der Waals surface area (Å²) in [6.45, 7) is 0. The first-order chi connectivity index (χ1) is 34.2. The fourth-order valence-electron chi connectivity index (χ4n) is 9.61. The second kappa shape index (κ2) is 18.2. The molecule has 3 nitrogen and oxygen atoms in total. The summed E-state index contributed by atoms with van der Waals surface area (Å²) in [6.07, 6.45) is 0. The predicted octanol–water partition coefficient (Wildman–Crippen LogP) is 18.9. The lowest BCUT2D eigenvalue weighted by molar-refractivity contribution is 0.670. The lowest BCUT2D eigenvalue weighted by atomic mass is 9.92. The molecule has 69 heavy (non-hydrogen) atoms. The normalized spacial score (nSPS) is 11.2. The summed E-state index contributed by atoms with van der Waals surface area (Å²) in [5, 5.41) is 2.23. The molecule has 11 aromatic carbocycles. The number of benzene rings is 11. The molecule has 0 atom stereocenters. The van der Waals surface area contributed by atoms with Gasteiger partial charge in [-0.05, 0) is 147 Å². The van der Waals surface area contributed by atoms with Crippen molar-refractivity contribution in [1.29, 1.82) is 0 Å².